The average Bonchev–Trinajstić information content (AvgIpc) is 2.86. The van der Waals surface area contributed by atoms with E-state index in [9.17, 15) is 18.4 Å². The fraction of sp³-hybridized carbons (Fsp3) is 0.310. The quantitative estimate of drug-likeness (QED) is 0.357. The molecule has 3 aromatic rings. The van der Waals surface area contributed by atoms with Crippen LogP contribution in [0.15, 0.2) is 66.7 Å². The van der Waals surface area contributed by atoms with Crippen molar-refractivity contribution in [2.75, 3.05) is 28.6 Å². The van der Waals surface area contributed by atoms with Gasteiger partial charge in [0.1, 0.15) is 11.6 Å². The van der Waals surface area contributed by atoms with E-state index in [1.807, 2.05) is 26.0 Å². The van der Waals surface area contributed by atoms with Gasteiger partial charge in [0.15, 0.2) is 0 Å². The topological polar surface area (TPSA) is 73.5 Å². The molecule has 0 aliphatic carbocycles. The lowest BCUT2D eigenvalue weighted by Gasteiger charge is -2.35. The Bertz CT molecular complexity index is 1240. The molecule has 0 spiro atoms. The van der Waals surface area contributed by atoms with E-state index in [2.05, 4.69) is 45.1 Å². The van der Waals surface area contributed by atoms with Crippen molar-refractivity contribution in [1.29, 1.82) is 0 Å². The van der Waals surface area contributed by atoms with Crippen molar-refractivity contribution in [1.82, 2.24) is 5.32 Å². The number of hydrogen-bond acceptors (Lipinski definition) is 3. The van der Waals surface area contributed by atoms with Crippen LogP contribution in [-0.4, -0.2) is 31.1 Å². The molecule has 0 atom stereocenters. The predicted molar refractivity (Wildman–Crippen MR) is 143 cm³/mol. The number of piperidine rings is 1. The summed E-state index contributed by atoms with van der Waals surface area (Å²) in [5.41, 5.74) is 2.85. The average molecular weight is 507 g/mol. The Labute approximate surface area is 216 Å². The first-order valence-corrected chi connectivity index (χ1v) is 12.6. The van der Waals surface area contributed by atoms with Gasteiger partial charge in [-0.05, 0) is 74.9 Å². The molecule has 3 N–H and O–H groups in total. The van der Waals surface area contributed by atoms with Crippen LogP contribution >= 0.6 is 0 Å². The highest BCUT2D eigenvalue weighted by Gasteiger charge is 2.24. The summed E-state index contributed by atoms with van der Waals surface area (Å²) in [5, 5.41) is 7.94. The largest absolute Gasteiger partial charge is 0.371 e. The normalized spacial score (nSPS) is 13.9. The van der Waals surface area contributed by atoms with Crippen molar-refractivity contribution < 1.29 is 18.4 Å². The lowest BCUT2D eigenvalue weighted by Crippen LogP contribution is -2.37. The summed E-state index contributed by atoms with van der Waals surface area (Å²) in [6.07, 6.45) is 3.08. The van der Waals surface area contributed by atoms with Crippen LogP contribution in [0.2, 0.25) is 0 Å². The van der Waals surface area contributed by atoms with Gasteiger partial charge in [0.25, 0.3) is 5.91 Å². The molecule has 1 fully saturated rings. The summed E-state index contributed by atoms with van der Waals surface area (Å²) < 4.78 is 27.1. The second-order valence-electron chi connectivity index (χ2n) is 9.68. The van der Waals surface area contributed by atoms with Gasteiger partial charge in [-0.25, -0.2) is 13.6 Å². The highest BCUT2D eigenvalue weighted by atomic mass is 19.1. The molecule has 1 saturated heterocycles. The standard InChI is InChI=1S/C29H32F2N4O2/c1-19(2)32-28(36)24-18-23(33-29(37)34-26-10-8-22(30)17-25(26)31)9-11-27(24)35-14-12-21(13-15-35)16-20-6-4-3-5-7-20/h3-11,17-19,21H,12-16H2,1-2H3,(H,32,36)(H2,33,34,37). The maximum absolute atomic E-state index is 13.9. The first-order chi connectivity index (χ1) is 17.8. The molecule has 3 amide bonds. The van der Waals surface area contributed by atoms with Crippen molar-refractivity contribution in [3.05, 3.63) is 89.5 Å². The van der Waals surface area contributed by atoms with E-state index in [1.165, 1.54) is 5.56 Å². The minimum absolute atomic E-state index is 0.0571. The summed E-state index contributed by atoms with van der Waals surface area (Å²) in [7, 11) is 0. The van der Waals surface area contributed by atoms with Gasteiger partial charge < -0.3 is 20.9 Å². The Morgan fingerprint density at radius 2 is 1.68 bits per heavy atom. The molecule has 1 aliphatic heterocycles. The molecular formula is C29H32F2N4O2. The maximum Gasteiger partial charge on any atom is 0.323 e. The van der Waals surface area contributed by atoms with E-state index >= 15 is 0 Å². The van der Waals surface area contributed by atoms with Crippen LogP contribution in [0.4, 0.5) is 30.6 Å². The van der Waals surface area contributed by atoms with Gasteiger partial charge in [0.2, 0.25) is 0 Å². The van der Waals surface area contributed by atoms with E-state index in [0.717, 1.165) is 50.2 Å². The first-order valence-electron chi connectivity index (χ1n) is 12.6. The van der Waals surface area contributed by atoms with Gasteiger partial charge in [-0.15, -0.1) is 0 Å². The van der Waals surface area contributed by atoms with Gasteiger partial charge in [-0.1, -0.05) is 30.3 Å². The highest BCUT2D eigenvalue weighted by Crippen LogP contribution is 2.30. The summed E-state index contributed by atoms with van der Waals surface area (Å²) >= 11 is 0. The molecule has 0 unspecified atom stereocenters. The monoisotopic (exact) mass is 506 g/mol. The molecule has 194 valence electrons. The molecule has 6 nitrogen and oxygen atoms in total. The number of amides is 3. The van der Waals surface area contributed by atoms with Crippen LogP contribution in [-0.2, 0) is 6.42 Å². The fourth-order valence-corrected chi connectivity index (χ4v) is 4.61. The number of nitrogens with zero attached hydrogens (tertiary/aromatic N) is 1. The second-order valence-corrected chi connectivity index (χ2v) is 9.68. The van der Waals surface area contributed by atoms with E-state index in [1.54, 1.807) is 12.1 Å². The molecule has 4 rings (SSSR count). The minimum atomic E-state index is -0.877. The molecule has 1 heterocycles. The van der Waals surface area contributed by atoms with Crippen molar-refractivity contribution in [3.63, 3.8) is 0 Å². The van der Waals surface area contributed by atoms with E-state index in [-0.39, 0.29) is 17.6 Å². The Morgan fingerprint density at radius 3 is 2.35 bits per heavy atom. The lowest BCUT2D eigenvalue weighted by atomic mass is 9.89. The highest BCUT2D eigenvalue weighted by molar-refractivity contribution is 6.04. The van der Waals surface area contributed by atoms with E-state index in [4.69, 9.17) is 0 Å². The van der Waals surface area contributed by atoms with E-state index < -0.39 is 17.7 Å². The molecule has 8 heteroatoms. The number of halogens is 2. The van der Waals surface area contributed by atoms with Crippen molar-refractivity contribution >= 4 is 29.0 Å². The van der Waals surface area contributed by atoms with Crippen molar-refractivity contribution in [2.24, 2.45) is 5.92 Å². The van der Waals surface area contributed by atoms with Crippen LogP contribution in [0.5, 0.6) is 0 Å². The molecule has 0 saturated carbocycles. The zero-order valence-corrected chi connectivity index (χ0v) is 21.1. The van der Waals surface area contributed by atoms with Gasteiger partial charge in [0.05, 0.1) is 11.3 Å². The Morgan fingerprint density at radius 1 is 0.946 bits per heavy atom. The van der Waals surface area contributed by atoms with Gasteiger partial charge >= 0.3 is 6.03 Å². The molecule has 1 aliphatic rings. The fourth-order valence-electron chi connectivity index (χ4n) is 4.61. The maximum atomic E-state index is 13.9. The van der Waals surface area contributed by atoms with E-state index in [0.29, 0.717) is 23.2 Å². The van der Waals surface area contributed by atoms with Crippen molar-refractivity contribution in [2.45, 2.75) is 39.2 Å². The number of benzene rings is 3. The number of rotatable bonds is 7. The number of urea groups is 1. The van der Waals surface area contributed by atoms with Gasteiger partial charge in [0, 0.05) is 36.6 Å². The van der Waals surface area contributed by atoms with Gasteiger partial charge in [-0.2, -0.15) is 0 Å². The third-order valence-corrected chi connectivity index (χ3v) is 6.42. The zero-order valence-electron chi connectivity index (χ0n) is 21.1. The smallest absolute Gasteiger partial charge is 0.323 e. The van der Waals surface area contributed by atoms with Crippen LogP contribution in [0.1, 0.15) is 42.6 Å². The molecule has 0 radical (unpaired) electrons. The Kier molecular flexibility index (Phi) is 8.38. The molecule has 0 aromatic heterocycles. The molecule has 0 bridgehead atoms. The molecular weight excluding hydrogens is 474 g/mol. The third-order valence-electron chi connectivity index (χ3n) is 6.42. The second kappa shape index (κ2) is 11.9. The number of hydrogen-bond donors (Lipinski definition) is 3. The zero-order chi connectivity index (χ0) is 26.4. The van der Waals surface area contributed by atoms with Crippen LogP contribution < -0.4 is 20.9 Å². The SMILES string of the molecule is CC(C)NC(=O)c1cc(NC(=O)Nc2ccc(F)cc2F)ccc1N1CCC(Cc2ccccc2)CC1. The van der Waals surface area contributed by atoms with Crippen LogP contribution in [0.3, 0.4) is 0 Å². The number of anilines is 3. The van der Waals surface area contributed by atoms with Crippen molar-refractivity contribution in [3.8, 4) is 0 Å². The minimum Gasteiger partial charge on any atom is -0.371 e. The molecule has 37 heavy (non-hydrogen) atoms. The lowest BCUT2D eigenvalue weighted by molar-refractivity contribution is 0.0943. The molecule has 3 aromatic carbocycles. The van der Waals surface area contributed by atoms with Crippen LogP contribution in [0, 0.1) is 17.6 Å². The summed E-state index contributed by atoms with van der Waals surface area (Å²) in [6, 6.07) is 17.8. The first kappa shape index (κ1) is 26.1. The predicted octanol–water partition coefficient (Wildman–Crippen LogP) is 6.21. The Balaban J connectivity index is 1.47. The Hall–Kier alpha value is -3.94. The van der Waals surface area contributed by atoms with Crippen LogP contribution in [0.25, 0.3) is 0 Å². The summed E-state index contributed by atoms with van der Waals surface area (Å²) in [6.45, 7) is 5.44. The third kappa shape index (κ3) is 7.06. The summed E-state index contributed by atoms with van der Waals surface area (Å²) in [4.78, 5) is 27.8. The van der Waals surface area contributed by atoms with Gasteiger partial charge in [-0.3, -0.25) is 4.79 Å². The number of carbonyl (C=O) groups excluding carboxylic acids is 2. The number of nitrogens with one attached hydrogen (secondary N) is 3. The number of carbonyl (C=O) groups is 2. The summed E-state index contributed by atoms with van der Waals surface area (Å²) in [5.74, 6) is -1.25.